The number of nitro benzene ring substituents is 1. The second kappa shape index (κ2) is 7.64. The summed E-state index contributed by atoms with van der Waals surface area (Å²) in [6, 6.07) is 17.9. The lowest BCUT2D eigenvalue weighted by Crippen LogP contribution is -2.22. The Morgan fingerprint density at radius 3 is 2.58 bits per heavy atom. The van der Waals surface area contributed by atoms with Crippen LogP contribution in [0, 0.1) is 17.0 Å². The van der Waals surface area contributed by atoms with E-state index in [9.17, 15) is 10.1 Å². The molecule has 5 rings (SSSR count). The average Bonchev–Trinajstić information content (AvgIpc) is 3.25. The quantitative estimate of drug-likeness (QED) is 0.476. The largest absolute Gasteiger partial charge is 0.485 e. The summed E-state index contributed by atoms with van der Waals surface area (Å²) in [4.78, 5) is 10.4. The number of benzene rings is 3. The minimum atomic E-state index is -0.427. The second-order valence-corrected chi connectivity index (χ2v) is 7.40. The first-order valence-corrected chi connectivity index (χ1v) is 9.81. The Hall–Kier alpha value is -4.07. The second-order valence-electron chi connectivity index (χ2n) is 7.40. The van der Waals surface area contributed by atoms with E-state index in [1.54, 1.807) is 12.1 Å². The summed E-state index contributed by atoms with van der Waals surface area (Å²) in [6.07, 6.45) is 0.318. The van der Waals surface area contributed by atoms with Gasteiger partial charge in [-0.15, -0.1) is 0 Å². The van der Waals surface area contributed by atoms with Crippen LogP contribution in [0.1, 0.15) is 29.2 Å². The SMILES string of the molecule is Cc1ccc2c(c1)/C(=N/Nc1ccc([N+](=O)[O-])cc1)CC(c1ccc3c(c1)OCO3)O2. The van der Waals surface area contributed by atoms with Crippen LogP contribution >= 0.6 is 0 Å². The summed E-state index contributed by atoms with van der Waals surface area (Å²) in [5.41, 5.74) is 7.56. The molecule has 0 aliphatic carbocycles. The van der Waals surface area contributed by atoms with Crippen LogP contribution in [0.4, 0.5) is 11.4 Å². The van der Waals surface area contributed by atoms with Gasteiger partial charge in [0.25, 0.3) is 5.69 Å². The summed E-state index contributed by atoms with van der Waals surface area (Å²) >= 11 is 0. The van der Waals surface area contributed by atoms with Crippen molar-refractivity contribution < 1.29 is 19.1 Å². The van der Waals surface area contributed by atoms with E-state index in [4.69, 9.17) is 14.2 Å². The van der Waals surface area contributed by atoms with Crippen molar-refractivity contribution in [1.29, 1.82) is 0 Å². The molecule has 0 aromatic heterocycles. The average molecular weight is 417 g/mol. The first-order valence-electron chi connectivity index (χ1n) is 9.81. The van der Waals surface area contributed by atoms with E-state index in [1.165, 1.54) is 12.1 Å². The zero-order valence-electron chi connectivity index (χ0n) is 16.7. The molecule has 0 saturated carbocycles. The molecular weight excluding hydrogens is 398 g/mol. The van der Waals surface area contributed by atoms with E-state index in [1.807, 2.05) is 43.3 Å². The highest BCUT2D eigenvalue weighted by atomic mass is 16.7. The molecule has 156 valence electrons. The number of hydrazone groups is 1. The fourth-order valence-corrected chi connectivity index (χ4v) is 3.65. The molecule has 3 aromatic rings. The minimum Gasteiger partial charge on any atom is -0.485 e. The van der Waals surface area contributed by atoms with Gasteiger partial charge in [-0.1, -0.05) is 17.7 Å². The van der Waals surface area contributed by atoms with Crippen molar-refractivity contribution in [2.24, 2.45) is 5.10 Å². The van der Waals surface area contributed by atoms with Gasteiger partial charge in [0.05, 0.1) is 16.3 Å². The highest BCUT2D eigenvalue weighted by molar-refractivity contribution is 6.04. The predicted molar refractivity (Wildman–Crippen MR) is 115 cm³/mol. The molecule has 2 aliphatic heterocycles. The van der Waals surface area contributed by atoms with Crippen molar-refractivity contribution in [3.63, 3.8) is 0 Å². The third-order valence-electron chi connectivity index (χ3n) is 5.26. The van der Waals surface area contributed by atoms with Crippen molar-refractivity contribution in [3.8, 4) is 17.2 Å². The van der Waals surface area contributed by atoms with Gasteiger partial charge in [-0.05, 0) is 48.9 Å². The molecule has 0 spiro atoms. The van der Waals surface area contributed by atoms with Crippen molar-refractivity contribution in [2.45, 2.75) is 19.4 Å². The number of ether oxygens (including phenoxy) is 3. The number of fused-ring (bicyclic) bond motifs is 2. The molecule has 31 heavy (non-hydrogen) atoms. The van der Waals surface area contributed by atoms with E-state index in [0.29, 0.717) is 17.9 Å². The van der Waals surface area contributed by atoms with Crippen LogP contribution in [0.2, 0.25) is 0 Å². The Labute approximate surface area is 178 Å². The normalized spacial score (nSPS) is 17.7. The predicted octanol–water partition coefficient (Wildman–Crippen LogP) is 4.97. The Bertz CT molecular complexity index is 1190. The number of non-ortho nitro benzene ring substituents is 1. The molecule has 1 N–H and O–H groups in total. The van der Waals surface area contributed by atoms with Gasteiger partial charge in [0.2, 0.25) is 6.79 Å². The number of nitrogens with one attached hydrogen (secondary N) is 1. The van der Waals surface area contributed by atoms with Gasteiger partial charge >= 0.3 is 0 Å². The number of nitrogens with zero attached hydrogens (tertiary/aromatic N) is 2. The van der Waals surface area contributed by atoms with Crippen LogP contribution in [0.15, 0.2) is 65.8 Å². The molecule has 0 bridgehead atoms. The van der Waals surface area contributed by atoms with E-state index >= 15 is 0 Å². The van der Waals surface area contributed by atoms with Crippen LogP contribution in [-0.4, -0.2) is 17.4 Å². The number of rotatable bonds is 4. The van der Waals surface area contributed by atoms with Gasteiger partial charge < -0.3 is 14.2 Å². The number of hydrogen-bond donors (Lipinski definition) is 1. The smallest absolute Gasteiger partial charge is 0.269 e. The fraction of sp³-hybridized carbons (Fsp3) is 0.174. The van der Waals surface area contributed by atoms with E-state index in [0.717, 1.165) is 33.9 Å². The fourth-order valence-electron chi connectivity index (χ4n) is 3.65. The van der Waals surface area contributed by atoms with Gasteiger partial charge in [-0.2, -0.15) is 5.10 Å². The lowest BCUT2D eigenvalue weighted by atomic mass is 9.94. The van der Waals surface area contributed by atoms with Crippen LogP contribution in [-0.2, 0) is 0 Å². The third-order valence-corrected chi connectivity index (χ3v) is 5.26. The molecule has 3 aromatic carbocycles. The molecule has 0 fully saturated rings. The first kappa shape index (κ1) is 18.9. The topological polar surface area (TPSA) is 95.2 Å². The van der Waals surface area contributed by atoms with Gasteiger partial charge in [0, 0.05) is 24.1 Å². The Balaban J connectivity index is 1.45. The number of aryl methyl sites for hydroxylation is 1. The van der Waals surface area contributed by atoms with Gasteiger partial charge in [0.15, 0.2) is 11.5 Å². The maximum Gasteiger partial charge on any atom is 0.269 e. The maximum atomic E-state index is 10.9. The van der Waals surface area contributed by atoms with Crippen LogP contribution in [0.3, 0.4) is 0 Å². The number of nitro groups is 1. The Morgan fingerprint density at radius 2 is 1.77 bits per heavy atom. The van der Waals surface area contributed by atoms with Gasteiger partial charge in [-0.3, -0.25) is 15.5 Å². The molecule has 8 nitrogen and oxygen atoms in total. The van der Waals surface area contributed by atoms with E-state index in [2.05, 4.69) is 10.5 Å². The monoisotopic (exact) mass is 417 g/mol. The van der Waals surface area contributed by atoms with Crippen molar-refractivity contribution >= 4 is 17.1 Å². The molecule has 0 saturated heterocycles. The van der Waals surface area contributed by atoms with Crippen LogP contribution in [0.25, 0.3) is 0 Å². The molecule has 2 aliphatic rings. The zero-order chi connectivity index (χ0) is 21.4. The zero-order valence-corrected chi connectivity index (χ0v) is 16.7. The summed E-state index contributed by atoms with van der Waals surface area (Å²) in [5, 5.41) is 15.5. The molecule has 8 heteroatoms. The van der Waals surface area contributed by atoms with E-state index in [-0.39, 0.29) is 18.6 Å². The molecule has 0 radical (unpaired) electrons. The summed E-state index contributed by atoms with van der Waals surface area (Å²) in [5.74, 6) is 2.19. The Morgan fingerprint density at radius 1 is 1.00 bits per heavy atom. The third kappa shape index (κ3) is 3.75. The lowest BCUT2D eigenvalue weighted by Gasteiger charge is -2.28. The molecule has 1 unspecified atom stereocenters. The van der Waals surface area contributed by atoms with Crippen LogP contribution in [0.5, 0.6) is 17.2 Å². The first-order chi connectivity index (χ1) is 15.1. The standard InChI is InChI=1S/C23H19N3O5/c1-14-2-8-20-18(10-14)19(25-24-16-4-6-17(7-5-16)26(27)28)12-22(31-20)15-3-9-21-23(11-15)30-13-29-21/h2-11,22,24H,12-13H2,1H3/b25-19+. The summed E-state index contributed by atoms with van der Waals surface area (Å²) in [7, 11) is 0. The van der Waals surface area contributed by atoms with Crippen molar-refractivity contribution in [1.82, 2.24) is 0 Å². The van der Waals surface area contributed by atoms with Crippen molar-refractivity contribution in [2.75, 3.05) is 12.2 Å². The molecule has 1 atom stereocenters. The molecule has 0 amide bonds. The van der Waals surface area contributed by atoms with E-state index < -0.39 is 4.92 Å². The Kier molecular flexibility index (Phi) is 4.66. The van der Waals surface area contributed by atoms with Crippen LogP contribution < -0.4 is 19.6 Å². The minimum absolute atomic E-state index is 0.0353. The maximum absolute atomic E-state index is 10.9. The summed E-state index contributed by atoms with van der Waals surface area (Å²) in [6.45, 7) is 2.24. The highest BCUT2D eigenvalue weighted by Gasteiger charge is 2.28. The van der Waals surface area contributed by atoms with Crippen molar-refractivity contribution in [3.05, 3.63) is 87.5 Å². The van der Waals surface area contributed by atoms with Gasteiger partial charge in [0.1, 0.15) is 11.9 Å². The number of hydrogen-bond acceptors (Lipinski definition) is 7. The number of anilines is 1. The highest BCUT2D eigenvalue weighted by Crippen LogP contribution is 2.40. The lowest BCUT2D eigenvalue weighted by molar-refractivity contribution is -0.384. The summed E-state index contributed by atoms with van der Waals surface area (Å²) < 4.78 is 17.2. The molecule has 2 heterocycles. The van der Waals surface area contributed by atoms with Gasteiger partial charge in [-0.25, -0.2) is 0 Å². The molecular formula is C23H19N3O5.